The summed E-state index contributed by atoms with van der Waals surface area (Å²) in [5, 5.41) is 0. The number of ether oxygens (including phenoxy) is 1. The zero-order valence-electron chi connectivity index (χ0n) is 9.06. The molecule has 2 aliphatic carbocycles. The van der Waals surface area contributed by atoms with E-state index < -0.39 is 0 Å². The fourth-order valence-corrected chi connectivity index (χ4v) is 4.22. The molecule has 0 aromatic heterocycles. The third kappa shape index (κ3) is 0.762. The molecule has 2 aliphatic heterocycles. The van der Waals surface area contributed by atoms with Crippen molar-refractivity contribution in [3.8, 4) is 0 Å². The molecular formula is C14H14O2. The summed E-state index contributed by atoms with van der Waals surface area (Å²) in [4.78, 5) is 11.8. The summed E-state index contributed by atoms with van der Waals surface area (Å²) in [6, 6.07) is 10.3. The fourth-order valence-electron chi connectivity index (χ4n) is 4.22. The minimum absolute atomic E-state index is 0.0542. The molecule has 4 bridgehead atoms. The van der Waals surface area contributed by atoms with Crippen LogP contribution in [0.5, 0.6) is 0 Å². The van der Waals surface area contributed by atoms with Crippen LogP contribution in [0.1, 0.15) is 24.8 Å². The molecule has 2 saturated heterocycles. The molecular weight excluding hydrogens is 200 g/mol. The summed E-state index contributed by atoms with van der Waals surface area (Å²) < 4.78 is 5.74. The molecule has 4 fully saturated rings. The molecule has 82 valence electrons. The number of carbonyl (C=O) groups is 1. The van der Waals surface area contributed by atoms with Gasteiger partial charge in [0.25, 0.3) is 0 Å². The van der Waals surface area contributed by atoms with E-state index in [0.717, 1.165) is 12.8 Å². The van der Waals surface area contributed by atoms with Crippen molar-refractivity contribution < 1.29 is 9.53 Å². The van der Waals surface area contributed by atoms with Crippen LogP contribution in [-0.4, -0.2) is 5.97 Å². The van der Waals surface area contributed by atoms with Crippen molar-refractivity contribution in [3.05, 3.63) is 35.9 Å². The standard InChI is InChI=1S/C14H14O2/c15-13-12-10-7-4-8-11(12)14(10,16-13)9-5-2-1-3-6-9/h1-3,5-6,10-12H,4,7-8H2/t10-,11-,12?,14?/m0/s1. The van der Waals surface area contributed by atoms with Gasteiger partial charge in [0.1, 0.15) is 5.60 Å². The molecule has 1 aromatic rings. The van der Waals surface area contributed by atoms with Gasteiger partial charge in [-0.1, -0.05) is 36.8 Å². The minimum atomic E-state index is -0.235. The molecule has 2 nitrogen and oxygen atoms in total. The van der Waals surface area contributed by atoms with Gasteiger partial charge in [-0.15, -0.1) is 0 Å². The van der Waals surface area contributed by atoms with Crippen molar-refractivity contribution in [2.24, 2.45) is 17.8 Å². The van der Waals surface area contributed by atoms with Crippen molar-refractivity contribution in [1.82, 2.24) is 0 Å². The monoisotopic (exact) mass is 214 g/mol. The molecule has 0 amide bonds. The molecule has 1 aromatic carbocycles. The summed E-state index contributed by atoms with van der Waals surface area (Å²) in [6.07, 6.45) is 3.57. The van der Waals surface area contributed by atoms with E-state index >= 15 is 0 Å². The van der Waals surface area contributed by atoms with Gasteiger partial charge in [0.15, 0.2) is 0 Å². The Morgan fingerprint density at radius 2 is 1.81 bits per heavy atom. The van der Waals surface area contributed by atoms with Crippen molar-refractivity contribution in [2.45, 2.75) is 24.9 Å². The lowest BCUT2D eigenvalue weighted by Gasteiger charge is -2.54. The average molecular weight is 214 g/mol. The maximum absolute atomic E-state index is 11.8. The summed E-state index contributed by atoms with van der Waals surface area (Å²) >= 11 is 0. The summed E-state index contributed by atoms with van der Waals surface area (Å²) in [7, 11) is 0. The number of esters is 1. The van der Waals surface area contributed by atoms with Gasteiger partial charge in [0.05, 0.1) is 5.92 Å². The lowest BCUT2D eigenvalue weighted by Crippen LogP contribution is -2.56. The first-order valence-corrected chi connectivity index (χ1v) is 6.12. The second-order valence-electron chi connectivity index (χ2n) is 5.25. The van der Waals surface area contributed by atoms with E-state index in [4.69, 9.17) is 4.74 Å². The molecule has 0 spiro atoms. The Morgan fingerprint density at radius 3 is 2.50 bits per heavy atom. The van der Waals surface area contributed by atoms with Gasteiger partial charge in [-0.05, 0) is 18.4 Å². The van der Waals surface area contributed by atoms with E-state index in [2.05, 4.69) is 12.1 Å². The van der Waals surface area contributed by atoms with Gasteiger partial charge in [-0.3, -0.25) is 4.79 Å². The quantitative estimate of drug-likeness (QED) is 0.671. The largest absolute Gasteiger partial charge is 0.453 e. The molecule has 0 radical (unpaired) electrons. The van der Waals surface area contributed by atoms with Crippen LogP contribution >= 0.6 is 0 Å². The number of hydrogen-bond donors (Lipinski definition) is 0. The summed E-state index contributed by atoms with van der Waals surface area (Å²) in [5.41, 5.74) is 0.980. The first-order chi connectivity index (χ1) is 7.84. The van der Waals surface area contributed by atoms with Gasteiger partial charge >= 0.3 is 5.97 Å². The third-order valence-electron chi connectivity index (χ3n) is 4.77. The van der Waals surface area contributed by atoms with Crippen LogP contribution in [0.25, 0.3) is 0 Å². The fraction of sp³-hybridized carbons (Fsp3) is 0.500. The smallest absolute Gasteiger partial charge is 0.310 e. The van der Waals surface area contributed by atoms with E-state index in [9.17, 15) is 4.79 Å². The SMILES string of the molecule is O=C1OC2(c3ccccc3)[C@H]3CCC[C@H]2C13. The van der Waals surface area contributed by atoms with Crippen LogP contribution < -0.4 is 0 Å². The first kappa shape index (κ1) is 8.80. The zero-order chi connectivity index (χ0) is 10.8. The Labute approximate surface area is 94.6 Å². The molecule has 0 unspecified atom stereocenters. The molecule has 2 atom stereocenters. The predicted molar refractivity (Wildman–Crippen MR) is 58.5 cm³/mol. The van der Waals surface area contributed by atoms with Crippen LogP contribution in [0.2, 0.25) is 0 Å². The normalized spacial score (nSPS) is 43.8. The topological polar surface area (TPSA) is 26.3 Å². The van der Waals surface area contributed by atoms with E-state index in [1.165, 1.54) is 12.0 Å². The van der Waals surface area contributed by atoms with Crippen LogP contribution in [0.3, 0.4) is 0 Å². The van der Waals surface area contributed by atoms with Gasteiger partial charge in [0.2, 0.25) is 0 Å². The Balaban J connectivity index is 1.86. The highest BCUT2D eigenvalue weighted by Crippen LogP contribution is 2.69. The minimum Gasteiger partial charge on any atom is -0.453 e. The molecule has 16 heavy (non-hydrogen) atoms. The summed E-state index contributed by atoms with van der Waals surface area (Å²) in [6.45, 7) is 0. The van der Waals surface area contributed by atoms with E-state index in [-0.39, 0.29) is 17.5 Å². The second kappa shape index (κ2) is 2.68. The Kier molecular flexibility index (Phi) is 1.47. The average Bonchev–Trinajstić information content (AvgIpc) is 2.83. The van der Waals surface area contributed by atoms with Gasteiger partial charge in [-0.25, -0.2) is 0 Å². The van der Waals surface area contributed by atoms with E-state index in [1.54, 1.807) is 0 Å². The van der Waals surface area contributed by atoms with E-state index in [1.807, 2.05) is 18.2 Å². The van der Waals surface area contributed by atoms with Gasteiger partial charge in [-0.2, -0.15) is 0 Å². The highest BCUT2D eigenvalue weighted by atomic mass is 16.6. The number of rotatable bonds is 1. The maximum Gasteiger partial charge on any atom is 0.310 e. The Hall–Kier alpha value is -1.31. The molecule has 2 heterocycles. The van der Waals surface area contributed by atoms with Crippen LogP contribution in [0, 0.1) is 17.8 Å². The van der Waals surface area contributed by atoms with Crippen LogP contribution in [0.15, 0.2) is 30.3 Å². The lowest BCUT2D eigenvalue weighted by molar-refractivity contribution is -0.156. The zero-order valence-corrected chi connectivity index (χ0v) is 9.06. The second-order valence-corrected chi connectivity index (χ2v) is 5.25. The Morgan fingerprint density at radius 1 is 1.12 bits per heavy atom. The molecule has 2 heteroatoms. The molecule has 2 saturated carbocycles. The molecule has 0 N–H and O–H groups in total. The van der Waals surface area contributed by atoms with Crippen molar-refractivity contribution in [3.63, 3.8) is 0 Å². The highest BCUT2D eigenvalue weighted by Gasteiger charge is 2.74. The number of fused-ring (bicyclic) bond motifs is 1. The van der Waals surface area contributed by atoms with Crippen molar-refractivity contribution >= 4 is 5.97 Å². The van der Waals surface area contributed by atoms with Crippen LogP contribution in [-0.2, 0) is 15.1 Å². The summed E-state index contributed by atoms with van der Waals surface area (Å²) in [5.74, 6) is 1.19. The van der Waals surface area contributed by atoms with Crippen molar-refractivity contribution in [2.75, 3.05) is 0 Å². The molecule has 5 rings (SSSR count). The van der Waals surface area contributed by atoms with E-state index in [0.29, 0.717) is 11.8 Å². The molecule has 4 aliphatic rings. The third-order valence-corrected chi connectivity index (χ3v) is 4.77. The number of carbonyl (C=O) groups excluding carboxylic acids is 1. The first-order valence-electron chi connectivity index (χ1n) is 6.12. The van der Waals surface area contributed by atoms with Gasteiger partial charge < -0.3 is 4.74 Å². The highest BCUT2D eigenvalue weighted by molar-refractivity contribution is 5.81. The number of benzene rings is 1. The van der Waals surface area contributed by atoms with Crippen LogP contribution in [0.4, 0.5) is 0 Å². The predicted octanol–water partition coefficient (Wildman–Crippen LogP) is 2.48. The number of hydrogen-bond acceptors (Lipinski definition) is 2. The van der Waals surface area contributed by atoms with Gasteiger partial charge in [0, 0.05) is 11.8 Å². The Bertz CT molecular complexity index is 439. The lowest BCUT2D eigenvalue weighted by atomic mass is 9.48. The van der Waals surface area contributed by atoms with Crippen molar-refractivity contribution in [1.29, 1.82) is 0 Å². The maximum atomic E-state index is 11.8.